The van der Waals surface area contributed by atoms with Gasteiger partial charge in [0.25, 0.3) is 5.69 Å². The topological polar surface area (TPSA) is 87.9 Å². The van der Waals surface area contributed by atoms with Gasteiger partial charge in [-0.1, -0.05) is 0 Å². The highest BCUT2D eigenvalue weighted by molar-refractivity contribution is 5.76. The van der Waals surface area contributed by atoms with Crippen molar-refractivity contribution >= 4 is 16.7 Å². The number of hydrogen-bond acceptors (Lipinski definition) is 4. The number of fused-ring (bicyclic) bond motifs is 1. The predicted molar refractivity (Wildman–Crippen MR) is 51.1 cm³/mol. The Kier molecular flexibility index (Phi) is 1.82. The van der Waals surface area contributed by atoms with Gasteiger partial charge in [-0.3, -0.25) is 10.1 Å². The molecule has 78 valence electrons. The molecule has 0 unspecified atom stereocenters. The zero-order valence-corrected chi connectivity index (χ0v) is 8.17. The molecule has 0 radical (unpaired) electrons. The van der Waals surface area contributed by atoms with E-state index in [4.69, 9.17) is 0 Å². The van der Waals surface area contributed by atoms with Crippen LogP contribution in [0.5, 0.6) is 0 Å². The van der Waals surface area contributed by atoms with Crippen LogP contribution in [0, 0.1) is 22.2 Å². The minimum Gasteiger partial charge on any atom is -0.691 e. The zero-order valence-electron chi connectivity index (χ0n) is 8.17. The van der Waals surface area contributed by atoms with E-state index in [9.17, 15) is 15.3 Å². The largest absolute Gasteiger partial charge is 0.691 e. The molecule has 1 aromatic heterocycles. The molecule has 0 saturated carbocycles. The number of nitro groups is 1. The van der Waals surface area contributed by atoms with E-state index >= 15 is 0 Å². The Morgan fingerprint density at radius 2 is 2.20 bits per heavy atom. The normalized spacial score (nSPS) is 10.8. The van der Waals surface area contributed by atoms with Gasteiger partial charge in [0, 0.05) is 11.6 Å². The molecule has 0 aliphatic carbocycles. The first-order valence-corrected chi connectivity index (χ1v) is 4.22. The molecule has 0 fully saturated rings. The van der Waals surface area contributed by atoms with Gasteiger partial charge in [0.1, 0.15) is 7.05 Å². The second-order valence-corrected chi connectivity index (χ2v) is 3.27. The molecule has 1 aromatic carbocycles. The Morgan fingerprint density at radius 1 is 1.53 bits per heavy atom. The van der Waals surface area contributed by atoms with Crippen LogP contribution in [-0.4, -0.2) is 14.8 Å². The molecule has 0 amide bonds. The number of hydrogen-bond donors (Lipinski definition) is 0. The number of nitrogens with zero attached hydrogens (tertiary/aromatic N) is 4. The van der Waals surface area contributed by atoms with Gasteiger partial charge in [-0.2, -0.15) is 0 Å². The van der Waals surface area contributed by atoms with E-state index in [0.717, 1.165) is 0 Å². The average molecular weight is 208 g/mol. The number of rotatable bonds is 1. The monoisotopic (exact) mass is 208 g/mol. The Labute approximate surface area is 84.2 Å². The van der Waals surface area contributed by atoms with E-state index in [1.165, 1.54) is 10.7 Å². The molecule has 15 heavy (non-hydrogen) atoms. The number of benzene rings is 1. The van der Waals surface area contributed by atoms with Gasteiger partial charge in [-0.05, 0) is 6.92 Å². The molecule has 0 N–H and O–H groups in total. The van der Waals surface area contributed by atoms with Crippen molar-refractivity contribution < 1.29 is 9.77 Å². The lowest BCUT2D eigenvalue weighted by molar-refractivity contribution is -0.646. The van der Waals surface area contributed by atoms with Gasteiger partial charge in [0.2, 0.25) is 5.52 Å². The van der Waals surface area contributed by atoms with E-state index in [1.54, 1.807) is 20.0 Å². The van der Waals surface area contributed by atoms with Gasteiger partial charge in [-0.15, -0.1) is 9.53 Å². The lowest BCUT2D eigenvalue weighted by Gasteiger charge is -1.96. The summed E-state index contributed by atoms with van der Waals surface area (Å²) in [6, 6.07) is 2.82. The number of aromatic nitrogens is 3. The first-order valence-electron chi connectivity index (χ1n) is 4.22. The smallest absolute Gasteiger partial charge is 0.276 e. The molecule has 1 heterocycles. The average Bonchev–Trinajstić information content (AvgIpc) is 2.41. The Bertz CT molecular complexity index is 561. The first kappa shape index (κ1) is 9.38. The van der Waals surface area contributed by atoms with Crippen LogP contribution in [0.15, 0.2) is 12.1 Å². The Morgan fingerprint density at radius 3 is 2.80 bits per heavy atom. The molecule has 2 aromatic rings. The van der Waals surface area contributed by atoms with Crippen molar-refractivity contribution in [3.8, 4) is 0 Å². The third-order valence-electron chi connectivity index (χ3n) is 2.26. The van der Waals surface area contributed by atoms with Crippen LogP contribution in [0.2, 0.25) is 0 Å². The van der Waals surface area contributed by atoms with Crippen LogP contribution < -0.4 is 4.85 Å². The summed E-state index contributed by atoms with van der Waals surface area (Å²) in [4.78, 5) is 10.5. The molecule has 0 atom stereocenters. The minimum atomic E-state index is -0.512. The second kappa shape index (κ2) is 2.91. The van der Waals surface area contributed by atoms with E-state index in [1.807, 2.05) is 0 Å². The highest BCUT2D eigenvalue weighted by atomic mass is 16.6. The first-order chi connectivity index (χ1) is 7.00. The molecule has 7 heteroatoms. The van der Waals surface area contributed by atoms with E-state index in [0.29, 0.717) is 15.9 Å². The lowest BCUT2D eigenvalue weighted by Crippen LogP contribution is -2.29. The maximum atomic E-state index is 11.2. The van der Waals surface area contributed by atoms with Crippen molar-refractivity contribution in [3.05, 3.63) is 33.0 Å². The van der Waals surface area contributed by atoms with Crippen molar-refractivity contribution in [1.82, 2.24) is 9.90 Å². The highest BCUT2D eigenvalue weighted by Gasteiger charge is 2.19. The summed E-state index contributed by atoms with van der Waals surface area (Å²) in [5, 5.41) is 25.5. The molecule has 7 nitrogen and oxygen atoms in total. The Hall–Kier alpha value is -2.18. The predicted octanol–water partition coefficient (Wildman–Crippen LogP) is 0.423. The molecule has 0 spiro atoms. The van der Waals surface area contributed by atoms with Gasteiger partial charge in [-0.25, -0.2) is 0 Å². The second-order valence-electron chi connectivity index (χ2n) is 3.27. The van der Waals surface area contributed by atoms with E-state index in [-0.39, 0.29) is 11.2 Å². The lowest BCUT2D eigenvalue weighted by atomic mass is 10.2. The number of aryl methyl sites for hydroxylation is 2. The molecule has 2 rings (SSSR count). The van der Waals surface area contributed by atoms with Crippen LogP contribution in [-0.2, 0) is 7.05 Å². The van der Waals surface area contributed by atoms with Crippen molar-refractivity contribution in [2.75, 3.05) is 0 Å². The fourth-order valence-electron chi connectivity index (χ4n) is 1.50. The quantitative estimate of drug-likeness (QED) is 0.294. The van der Waals surface area contributed by atoms with Crippen LogP contribution in [0.25, 0.3) is 11.0 Å². The zero-order chi connectivity index (χ0) is 11.2. The molecule has 0 saturated heterocycles. The third-order valence-corrected chi connectivity index (χ3v) is 2.26. The standard InChI is InChI=1S/C8H8N4O3/c1-5-3-7-8(4-6(5)12(14)15)11(13)9-10(7)2/h3-4H,1-2H3. The van der Waals surface area contributed by atoms with Crippen molar-refractivity contribution in [2.45, 2.75) is 6.92 Å². The summed E-state index contributed by atoms with van der Waals surface area (Å²) in [5.74, 6) is 0. The van der Waals surface area contributed by atoms with Gasteiger partial charge in [0.05, 0.1) is 16.2 Å². The summed E-state index contributed by atoms with van der Waals surface area (Å²) < 4.78 is 1.39. The molecular formula is C8H8N4O3. The minimum absolute atomic E-state index is 0.0694. The van der Waals surface area contributed by atoms with Gasteiger partial charge in [0.15, 0.2) is 5.52 Å². The maximum Gasteiger partial charge on any atom is 0.276 e. The van der Waals surface area contributed by atoms with Crippen molar-refractivity contribution in [3.63, 3.8) is 0 Å². The summed E-state index contributed by atoms with van der Waals surface area (Å²) in [6.07, 6.45) is 0. The van der Waals surface area contributed by atoms with Gasteiger partial charge >= 0.3 is 0 Å². The van der Waals surface area contributed by atoms with Crippen LogP contribution >= 0.6 is 0 Å². The maximum absolute atomic E-state index is 11.2. The van der Waals surface area contributed by atoms with Crippen LogP contribution in [0.1, 0.15) is 5.56 Å². The van der Waals surface area contributed by atoms with Crippen LogP contribution in [0.4, 0.5) is 5.69 Å². The fourth-order valence-corrected chi connectivity index (χ4v) is 1.50. The SMILES string of the molecule is Cc1cc2c(cc1[N+](=O)[O-])[n+]([O-])nn2C. The molecule has 0 aliphatic heterocycles. The highest BCUT2D eigenvalue weighted by Crippen LogP contribution is 2.22. The molecular weight excluding hydrogens is 200 g/mol. The summed E-state index contributed by atoms with van der Waals surface area (Å²) in [6.45, 7) is 1.62. The third kappa shape index (κ3) is 1.28. The van der Waals surface area contributed by atoms with E-state index < -0.39 is 4.92 Å². The summed E-state index contributed by atoms with van der Waals surface area (Å²) in [7, 11) is 1.61. The summed E-state index contributed by atoms with van der Waals surface area (Å²) >= 11 is 0. The summed E-state index contributed by atoms with van der Waals surface area (Å²) in [5.41, 5.74) is 1.22. The Balaban J connectivity index is 2.85. The fraction of sp³-hybridized carbons (Fsp3) is 0.250. The molecule has 0 bridgehead atoms. The van der Waals surface area contributed by atoms with Crippen LogP contribution in [0.3, 0.4) is 0 Å². The van der Waals surface area contributed by atoms with Crippen molar-refractivity contribution in [2.24, 2.45) is 7.05 Å². The number of nitro benzene ring substituents is 1. The van der Waals surface area contributed by atoms with Crippen molar-refractivity contribution in [1.29, 1.82) is 0 Å². The van der Waals surface area contributed by atoms with E-state index in [2.05, 4.69) is 5.21 Å². The van der Waals surface area contributed by atoms with Gasteiger partial charge < -0.3 is 5.21 Å². The molecule has 0 aliphatic rings.